The Balaban J connectivity index is 1.29. The lowest BCUT2D eigenvalue weighted by Crippen LogP contribution is -2.23. The molecule has 2 amide bonds. The summed E-state index contributed by atoms with van der Waals surface area (Å²) in [5.74, 6) is 0.161. The summed E-state index contributed by atoms with van der Waals surface area (Å²) in [6.07, 6.45) is 0. The number of hydrogen-bond donors (Lipinski definition) is 2. The average molecular weight is 493 g/mol. The van der Waals surface area contributed by atoms with E-state index in [9.17, 15) is 14.0 Å². The number of hydrogen-bond acceptors (Lipinski definition) is 7. The van der Waals surface area contributed by atoms with Crippen molar-refractivity contribution in [3.8, 4) is 11.5 Å². The maximum Gasteiger partial charge on any atom is 0.286 e. The molecule has 0 aliphatic heterocycles. The van der Waals surface area contributed by atoms with Gasteiger partial charge in [0.05, 0.1) is 7.11 Å². The Bertz CT molecular complexity index is 1310. The van der Waals surface area contributed by atoms with E-state index < -0.39 is 5.91 Å². The van der Waals surface area contributed by atoms with Crippen molar-refractivity contribution in [2.45, 2.75) is 13.2 Å². The Labute approximate surface area is 204 Å². The van der Waals surface area contributed by atoms with Crippen molar-refractivity contribution >= 4 is 28.8 Å². The number of benzene rings is 3. The van der Waals surface area contributed by atoms with Gasteiger partial charge in [-0.3, -0.25) is 9.59 Å². The van der Waals surface area contributed by atoms with Crippen LogP contribution in [-0.4, -0.2) is 29.1 Å². The molecule has 0 atom stereocenters. The van der Waals surface area contributed by atoms with E-state index in [0.29, 0.717) is 34.3 Å². The van der Waals surface area contributed by atoms with E-state index in [-0.39, 0.29) is 23.3 Å². The Kier molecular flexibility index (Phi) is 7.63. The number of carbonyl (C=O) groups excluding carboxylic acids is 2. The second kappa shape index (κ2) is 11.2. The number of ether oxygens (including phenoxy) is 2. The number of amides is 2. The summed E-state index contributed by atoms with van der Waals surface area (Å²) in [7, 11) is 1.58. The molecule has 3 aromatic carbocycles. The molecule has 0 radical (unpaired) electrons. The first-order valence-electron chi connectivity index (χ1n) is 10.5. The molecule has 0 saturated carbocycles. The van der Waals surface area contributed by atoms with Crippen LogP contribution >= 0.6 is 11.3 Å². The first kappa shape index (κ1) is 23.8. The van der Waals surface area contributed by atoms with E-state index >= 15 is 0 Å². The molecule has 2 N–H and O–H groups in total. The highest BCUT2D eigenvalue weighted by Gasteiger charge is 2.14. The minimum atomic E-state index is -0.427. The lowest BCUT2D eigenvalue weighted by Gasteiger charge is -2.10. The summed E-state index contributed by atoms with van der Waals surface area (Å²) in [4.78, 5) is 25.0. The van der Waals surface area contributed by atoms with Gasteiger partial charge in [-0.2, -0.15) is 0 Å². The largest absolute Gasteiger partial charge is 0.496 e. The zero-order chi connectivity index (χ0) is 24.6. The molecular weight excluding hydrogens is 471 g/mol. The molecule has 0 aliphatic carbocycles. The standard InChI is InChI=1S/C25H21FN4O4S/c1-33-21-5-3-2-4-17(21)14-27-23(31)16-6-10-19(11-7-16)28-24(32)25-30-29-22(35-25)15-34-20-12-8-18(26)9-13-20/h2-13H,14-15H2,1H3,(H,27,31)(H,28,32). The number of nitrogens with zero attached hydrogens (tertiary/aromatic N) is 2. The summed E-state index contributed by atoms with van der Waals surface area (Å²) in [6, 6.07) is 19.6. The molecule has 8 nitrogen and oxygen atoms in total. The van der Waals surface area contributed by atoms with Gasteiger partial charge in [-0.15, -0.1) is 10.2 Å². The van der Waals surface area contributed by atoms with Gasteiger partial charge in [0.2, 0.25) is 5.01 Å². The van der Waals surface area contributed by atoms with Crippen molar-refractivity contribution in [1.82, 2.24) is 15.5 Å². The van der Waals surface area contributed by atoms with Crippen LogP contribution in [0.25, 0.3) is 0 Å². The van der Waals surface area contributed by atoms with Gasteiger partial charge in [0.1, 0.15) is 23.9 Å². The zero-order valence-corrected chi connectivity index (χ0v) is 19.5. The number of halogens is 1. The lowest BCUT2D eigenvalue weighted by molar-refractivity contribution is 0.0950. The van der Waals surface area contributed by atoms with Gasteiger partial charge in [0.25, 0.3) is 11.8 Å². The average Bonchev–Trinajstić information content (AvgIpc) is 3.37. The van der Waals surface area contributed by atoms with Crippen molar-refractivity contribution in [1.29, 1.82) is 0 Å². The fourth-order valence-electron chi connectivity index (χ4n) is 3.10. The number of rotatable bonds is 9. The maximum absolute atomic E-state index is 13.0. The molecule has 0 spiro atoms. The zero-order valence-electron chi connectivity index (χ0n) is 18.7. The lowest BCUT2D eigenvalue weighted by atomic mass is 10.1. The molecule has 10 heteroatoms. The highest BCUT2D eigenvalue weighted by atomic mass is 32.1. The Morgan fingerprint density at radius 1 is 0.943 bits per heavy atom. The van der Waals surface area contributed by atoms with Crippen molar-refractivity contribution in [2.75, 3.05) is 12.4 Å². The SMILES string of the molecule is COc1ccccc1CNC(=O)c1ccc(NC(=O)c2nnc(COc3ccc(F)cc3)s2)cc1. The number of carbonyl (C=O) groups is 2. The maximum atomic E-state index is 13.0. The van der Waals surface area contributed by atoms with Gasteiger partial charge in [0, 0.05) is 23.4 Å². The van der Waals surface area contributed by atoms with Crippen LogP contribution < -0.4 is 20.1 Å². The van der Waals surface area contributed by atoms with Gasteiger partial charge in [-0.1, -0.05) is 29.5 Å². The van der Waals surface area contributed by atoms with E-state index in [1.807, 2.05) is 24.3 Å². The molecule has 178 valence electrons. The van der Waals surface area contributed by atoms with Crippen LogP contribution in [0.3, 0.4) is 0 Å². The number of methoxy groups -OCH3 is 1. The van der Waals surface area contributed by atoms with Gasteiger partial charge in [-0.05, 0) is 54.6 Å². The first-order chi connectivity index (χ1) is 17.0. The monoisotopic (exact) mass is 492 g/mol. The van der Waals surface area contributed by atoms with Crippen LogP contribution in [0.4, 0.5) is 10.1 Å². The smallest absolute Gasteiger partial charge is 0.286 e. The second-order valence-corrected chi connectivity index (χ2v) is 8.33. The molecule has 0 fully saturated rings. The first-order valence-corrected chi connectivity index (χ1v) is 11.4. The summed E-state index contributed by atoms with van der Waals surface area (Å²) in [5, 5.41) is 14.1. The van der Waals surface area contributed by atoms with Crippen molar-refractivity contribution < 1.29 is 23.5 Å². The molecule has 4 rings (SSSR count). The highest BCUT2D eigenvalue weighted by Crippen LogP contribution is 2.19. The summed E-state index contributed by atoms with van der Waals surface area (Å²) in [5.41, 5.74) is 1.83. The summed E-state index contributed by atoms with van der Waals surface area (Å²) in [6.45, 7) is 0.431. The third kappa shape index (κ3) is 6.39. The fourth-order valence-corrected chi connectivity index (χ4v) is 3.74. The molecule has 1 heterocycles. The predicted molar refractivity (Wildman–Crippen MR) is 129 cm³/mol. The fraction of sp³-hybridized carbons (Fsp3) is 0.120. The van der Waals surface area contributed by atoms with Gasteiger partial charge < -0.3 is 20.1 Å². The number of anilines is 1. The highest BCUT2D eigenvalue weighted by molar-refractivity contribution is 7.13. The Hall–Kier alpha value is -4.31. The molecular formula is C25H21FN4O4S. The molecule has 0 bridgehead atoms. The number of nitrogens with one attached hydrogen (secondary N) is 2. The molecule has 0 saturated heterocycles. The van der Waals surface area contributed by atoms with Gasteiger partial charge in [-0.25, -0.2) is 4.39 Å². The van der Waals surface area contributed by atoms with Crippen LogP contribution in [0.15, 0.2) is 72.8 Å². The van der Waals surface area contributed by atoms with Crippen molar-refractivity contribution in [2.24, 2.45) is 0 Å². The minimum absolute atomic E-state index is 0.106. The number of para-hydroxylation sites is 1. The van der Waals surface area contributed by atoms with Crippen LogP contribution in [0, 0.1) is 5.82 Å². The quantitative estimate of drug-likeness (QED) is 0.358. The second-order valence-electron chi connectivity index (χ2n) is 7.27. The topological polar surface area (TPSA) is 102 Å². The van der Waals surface area contributed by atoms with E-state index in [0.717, 1.165) is 16.9 Å². The van der Waals surface area contributed by atoms with E-state index in [4.69, 9.17) is 9.47 Å². The van der Waals surface area contributed by atoms with Crippen molar-refractivity contribution in [3.63, 3.8) is 0 Å². The van der Waals surface area contributed by atoms with E-state index in [2.05, 4.69) is 20.8 Å². The van der Waals surface area contributed by atoms with E-state index in [1.165, 1.54) is 24.3 Å². The van der Waals surface area contributed by atoms with Gasteiger partial charge in [0.15, 0.2) is 5.01 Å². The molecule has 1 aromatic heterocycles. The van der Waals surface area contributed by atoms with Crippen LogP contribution in [0.5, 0.6) is 11.5 Å². The normalized spacial score (nSPS) is 10.5. The molecule has 0 unspecified atom stereocenters. The van der Waals surface area contributed by atoms with Gasteiger partial charge >= 0.3 is 0 Å². The number of aromatic nitrogens is 2. The molecule has 35 heavy (non-hydrogen) atoms. The predicted octanol–water partition coefficient (Wildman–Crippen LogP) is 4.45. The van der Waals surface area contributed by atoms with Crippen LogP contribution in [0.2, 0.25) is 0 Å². The third-order valence-electron chi connectivity index (χ3n) is 4.87. The van der Waals surface area contributed by atoms with Crippen LogP contribution in [-0.2, 0) is 13.2 Å². The molecule has 0 aliphatic rings. The van der Waals surface area contributed by atoms with E-state index in [1.54, 1.807) is 31.4 Å². The summed E-state index contributed by atoms with van der Waals surface area (Å²) < 4.78 is 23.8. The minimum Gasteiger partial charge on any atom is -0.496 e. The Morgan fingerprint density at radius 3 is 2.43 bits per heavy atom. The molecule has 4 aromatic rings. The summed E-state index contributed by atoms with van der Waals surface area (Å²) >= 11 is 1.09. The Morgan fingerprint density at radius 2 is 1.69 bits per heavy atom. The third-order valence-corrected chi connectivity index (χ3v) is 5.77. The van der Waals surface area contributed by atoms with Crippen molar-refractivity contribution in [3.05, 3.63) is 99.8 Å². The van der Waals surface area contributed by atoms with Crippen LogP contribution in [0.1, 0.15) is 30.7 Å².